The fraction of sp³-hybridized carbons (Fsp3) is 0.435. The molecule has 150 valence electrons. The third-order valence-electron chi connectivity index (χ3n) is 5.06. The molecule has 0 aliphatic carbocycles. The lowest BCUT2D eigenvalue weighted by Gasteiger charge is -2.23. The number of nitrogens with zero attached hydrogens (tertiary/aromatic N) is 2. The maximum absolute atomic E-state index is 12.4. The largest absolute Gasteiger partial charge is 0.367 e. The van der Waals surface area contributed by atoms with Gasteiger partial charge in [-0.1, -0.05) is 60.7 Å². The van der Waals surface area contributed by atoms with Gasteiger partial charge in [-0.25, -0.2) is 0 Å². The van der Waals surface area contributed by atoms with Crippen LogP contribution in [0.25, 0.3) is 0 Å². The van der Waals surface area contributed by atoms with Crippen molar-refractivity contribution in [2.45, 2.75) is 19.2 Å². The summed E-state index contributed by atoms with van der Waals surface area (Å²) in [6.45, 7) is 4.29. The van der Waals surface area contributed by atoms with Crippen LogP contribution in [0.15, 0.2) is 60.7 Å². The molecular weight excluding hydrogens is 350 g/mol. The molecular formula is C23H31N3O2. The number of carbonyl (C=O) groups is 1. The fourth-order valence-electron chi connectivity index (χ4n) is 3.83. The summed E-state index contributed by atoms with van der Waals surface area (Å²) in [5.74, 6) is 0.378. The van der Waals surface area contributed by atoms with Gasteiger partial charge in [-0.15, -0.1) is 0 Å². The molecule has 1 amide bonds. The number of rotatable bonds is 9. The highest BCUT2D eigenvalue weighted by Gasteiger charge is 2.33. The minimum absolute atomic E-state index is 0.0359. The third-order valence-corrected chi connectivity index (χ3v) is 5.06. The molecule has 0 spiro atoms. The van der Waals surface area contributed by atoms with Crippen molar-refractivity contribution in [3.05, 3.63) is 71.8 Å². The Kier molecular flexibility index (Phi) is 7.60. The van der Waals surface area contributed by atoms with Gasteiger partial charge in [0.05, 0.1) is 6.61 Å². The molecule has 2 aromatic carbocycles. The van der Waals surface area contributed by atoms with Gasteiger partial charge in [0.25, 0.3) is 0 Å². The van der Waals surface area contributed by atoms with E-state index in [0.29, 0.717) is 12.5 Å². The Hall–Kier alpha value is -2.21. The Bertz CT molecular complexity index is 721. The number of nitrogens with one attached hydrogen (secondary N) is 1. The highest BCUT2D eigenvalue weighted by Crippen LogP contribution is 2.20. The minimum atomic E-state index is -0.0359. The highest BCUT2D eigenvalue weighted by molar-refractivity contribution is 5.77. The summed E-state index contributed by atoms with van der Waals surface area (Å²) in [5.41, 5.74) is 2.39. The molecule has 1 saturated heterocycles. The molecule has 1 fully saturated rings. The molecule has 3 rings (SSSR count). The van der Waals surface area contributed by atoms with E-state index >= 15 is 0 Å². The van der Waals surface area contributed by atoms with E-state index in [-0.39, 0.29) is 18.6 Å². The topological polar surface area (TPSA) is 44.8 Å². The van der Waals surface area contributed by atoms with Crippen LogP contribution in [0.3, 0.4) is 0 Å². The molecule has 1 aliphatic heterocycles. The summed E-state index contributed by atoms with van der Waals surface area (Å²) in [6.07, 6.45) is 0. The summed E-state index contributed by atoms with van der Waals surface area (Å²) >= 11 is 0. The fourth-order valence-corrected chi connectivity index (χ4v) is 3.83. The minimum Gasteiger partial charge on any atom is -0.367 e. The first-order chi connectivity index (χ1) is 13.6. The Labute approximate surface area is 168 Å². The van der Waals surface area contributed by atoms with Crippen molar-refractivity contribution in [3.8, 4) is 0 Å². The number of hydrogen-bond acceptors (Lipinski definition) is 4. The van der Waals surface area contributed by atoms with Crippen molar-refractivity contribution in [1.82, 2.24) is 15.1 Å². The first-order valence-electron chi connectivity index (χ1n) is 9.92. The molecule has 0 bridgehead atoms. The zero-order valence-corrected chi connectivity index (χ0v) is 16.9. The second-order valence-corrected chi connectivity index (χ2v) is 7.85. The van der Waals surface area contributed by atoms with Crippen molar-refractivity contribution in [2.24, 2.45) is 5.92 Å². The van der Waals surface area contributed by atoms with Gasteiger partial charge in [0.1, 0.15) is 6.61 Å². The van der Waals surface area contributed by atoms with Crippen LogP contribution in [-0.4, -0.2) is 62.1 Å². The molecule has 1 N–H and O–H groups in total. The smallest absolute Gasteiger partial charge is 0.246 e. The van der Waals surface area contributed by atoms with Crippen molar-refractivity contribution in [1.29, 1.82) is 0 Å². The second kappa shape index (κ2) is 10.4. The van der Waals surface area contributed by atoms with Gasteiger partial charge in [-0.2, -0.15) is 0 Å². The molecule has 0 radical (unpaired) electrons. The Balaban J connectivity index is 1.50. The lowest BCUT2D eigenvalue weighted by atomic mass is 10.0. The quantitative estimate of drug-likeness (QED) is 0.724. The van der Waals surface area contributed by atoms with Gasteiger partial charge < -0.3 is 15.0 Å². The molecule has 0 saturated carbocycles. The number of benzene rings is 2. The zero-order valence-electron chi connectivity index (χ0n) is 16.9. The van der Waals surface area contributed by atoms with Gasteiger partial charge in [0.15, 0.2) is 0 Å². The molecule has 5 heteroatoms. The van der Waals surface area contributed by atoms with Crippen molar-refractivity contribution >= 4 is 5.91 Å². The van der Waals surface area contributed by atoms with Crippen LogP contribution in [0, 0.1) is 5.92 Å². The number of amides is 1. The number of likely N-dealkylation sites (tertiary alicyclic amines) is 1. The first kappa shape index (κ1) is 20.5. The Morgan fingerprint density at radius 3 is 2.32 bits per heavy atom. The summed E-state index contributed by atoms with van der Waals surface area (Å²) in [6, 6.07) is 20.6. The van der Waals surface area contributed by atoms with Crippen molar-refractivity contribution in [2.75, 3.05) is 40.3 Å². The van der Waals surface area contributed by atoms with Gasteiger partial charge >= 0.3 is 0 Å². The van der Waals surface area contributed by atoms with Crippen LogP contribution in [0.5, 0.6) is 0 Å². The van der Waals surface area contributed by atoms with E-state index in [2.05, 4.69) is 53.5 Å². The van der Waals surface area contributed by atoms with Gasteiger partial charge in [0, 0.05) is 38.1 Å². The SMILES string of the molecule is CN(C)C[C@@H]1CN(Cc2ccccc2)C[C@H]1NC(=O)COCc1ccccc1. The van der Waals surface area contributed by atoms with E-state index in [4.69, 9.17) is 4.74 Å². The van der Waals surface area contributed by atoms with Crippen LogP contribution >= 0.6 is 0 Å². The third kappa shape index (κ3) is 6.44. The van der Waals surface area contributed by atoms with Gasteiger partial charge in [0.2, 0.25) is 5.91 Å². The standard InChI is InChI=1S/C23H31N3O2/c1-25(2)14-21-15-26(13-19-9-5-3-6-10-19)16-22(21)24-23(27)18-28-17-20-11-7-4-8-12-20/h3-12,21-22H,13-18H2,1-2H3,(H,24,27)/t21-,22-/m1/s1. The van der Waals surface area contributed by atoms with Gasteiger partial charge in [-0.05, 0) is 25.2 Å². The van der Waals surface area contributed by atoms with E-state index in [1.807, 2.05) is 36.4 Å². The van der Waals surface area contributed by atoms with Crippen LogP contribution in [-0.2, 0) is 22.7 Å². The first-order valence-corrected chi connectivity index (χ1v) is 9.92. The van der Waals surface area contributed by atoms with Crippen molar-refractivity contribution in [3.63, 3.8) is 0 Å². The molecule has 1 aliphatic rings. The molecule has 2 atom stereocenters. The molecule has 28 heavy (non-hydrogen) atoms. The van der Waals surface area contributed by atoms with E-state index in [0.717, 1.165) is 31.7 Å². The molecule has 1 heterocycles. The Morgan fingerprint density at radius 1 is 1.04 bits per heavy atom. The van der Waals surface area contributed by atoms with E-state index in [1.54, 1.807) is 0 Å². The van der Waals surface area contributed by atoms with E-state index in [1.165, 1.54) is 5.56 Å². The normalized spacial score (nSPS) is 19.8. The predicted octanol–water partition coefficient (Wildman–Crippen LogP) is 2.38. The average molecular weight is 382 g/mol. The molecule has 5 nitrogen and oxygen atoms in total. The molecule has 0 aromatic heterocycles. The summed E-state index contributed by atoms with van der Waals surface area (Å²) in [5, 5.41) is 3.20. The monoisotopic (exact) mass is 381 g/mol. The molecule has 0 unspecified atom stereocenters. The summed E-state index contributed by atoms with van der Waals surface area (Å²) < 4.78 is 5.59. The summed E-state index contributed by atoms with van der Waals surface area (Å²) in [4.78, 5) is 17.0. The van der Waals surface area contributed by atoms with Crippen LogP contribution in [0.1, 0.15) is 11.1 Å². The lowest BCUT2D eigenvalue weighted by Crippen LogP contribution is -2.44. The van der Waals surface area contributed by atoms with E-state index < -0.39 is 0 Å². The second-order valence-electron chi connectivity index (χ2n) is 7.85. The van der Waals surface area contributed by atoms with Crippen LogP contribution in [0.2, 0.25) is 0 Å². The Morgan fingerprint density at radius 2 is 1.68 bits per heavy atom. The van der Waals surface area contributed by atoms with Crippen LogP contribution < -0.4 is 5.32 Å². The van der Waals surface area contributed by atoms with E-state index in [9.17, 15) is 4.79 Å². The lowest BCUT2D eigenvalue weighted by molar-refractivity contribution is -0.127. The van der Waals surface area contributed by atoms with Crippen LogP contribution in [0.4, 0.5) is 0 Å². The maximum atomic E-state index is 12.4. The predicted molar refractivity (Wildman–Crippen MR) is 112 cm³/mol. The van der Waals surface area contributed by atoms with Gasteiger partial charge in [-0.3, -0.25) is 9.69 Å². The average Bonchev–Trinajstić information content (AvgIpc) is 3.03. The molecule has 2 aromatic rings. The summed E-state index contributed by atoms with van der Waals surface area (Å²) in [7, 11) is 4.17. The number of carbonyl (C=O) groups excluding carboxylic acids is 1. The number of ether oxygens (including phenoxy) is 1. The maximum Gasteiger partial charge on any atom is 0.246 e. The zero-order chi connectivity index (χ0) is 19.8. The number of hydrogen-bond donors (Lipinski definition) is 1. The van der Waals surface area contributed by atoms with Crippen molar-refractivity contribution < 1.29 is 9.53 Å². The highest BCUT2D eigenvalue weighted by atomic mass is 16.5.